The lowest BCUT2D eigenvalue weighted by Crippen LogP contribution is -2.10. The number of fused-ring (bicyclic) bond motifs is 1. The molecule has 2 aromatic rings. The lowest BCUT2D eigenvalue weighted by molar-refractivity contribution is -0.385. The summed E-state index contributed by atoms with van der Waals surface area (Å²) in [6.45, 7) is 6.30. The predicted octanol–water partition coefficient (Wildman–Crippen LogP) is 3.81. The number of nitro groups is 1. The Kier molecular flexibility index (Phi) is 3.84. The van der Waals surface area contributed by atoms with E-state index in [1.54, 1.807) is 0 Å². The molecule has 24 heavy (non-hydrogen) atoms. The zero-order chi connectivity index (χ0) is 17.7. The molecule has 0 radical (unpaired) electrons. The average Bonchev–Trinajstić information content (AvgIpc) is 2.78. The first-order valence-corrected chi connectivity index (χ1v) is 9.83. The highest BCUT2D eigenvalue weighted by atomic mass is 32.3. The second-order valence-electron chi connectivity index (χ2n) is 6.50. The molecule has 0 saturated carbocycles. The van der Waals surface area contributed by atoms with Crippen LogP contribution in [-0.2, 0) is 26.1 Å². The van der Waals surface area contributed by atoms with Crippen LogP contribution in [0, 0.1) is 10.1 Å². The second-order valence-corrected chi connectivity index (χ2v) is 9.96. The van der Waals surface area contributed by atoms with Crippen molar-refractivity contribution in [3.63, 3.8) is 0 Å². The van der Waals surface area contributed by atoms with Crippen molar-refractivity contribution >= 4 is 26.4 Å². The first-order chi connectivity index (χ1) is 11.1. The van der Waals surface area contributed by atoms with Gasteiger partial charge in [-0.1, -0.05) is 32.9 Å². The van der Waals surface area contributed by atoms with Crippen molar-refractivity contribution in [1.82, 2.24) is 0 Å². The summed E-state index contributed by atoms with van der Waals surface area (Å²) in [5, 5.41) is 10.9. The summed E-state index contributed by atoms with van der Waals surface area (Å²) in [7, 11) is -4.84. The molecule has 3 rings (SSSR count). The highest BCUT2D eigenvalue weighted by molar-refractivity contribution is 8.02. The van der Waals surface area contributed by atoms with E-state index in [9.17, 15) is 18.5 Å². The molecule has 0 saturated heterocycles. The van der Waals surface area contributed by atoms with Crippen LogP contribution in [-0.4, -0.2) is 13.3 Å². The number of nitrogens with zero attached hydrogens (tertiary/aromatic N) is 2. The molecule has 1 unspecified atom stereocenters. The van der Waals surface area contributed by atoms with Crippen LogP contribution in [0.4, 0.5) is 5.69 Å². The largest absolute Gasteiger partial charge is 0.289 e. The summed E-state index contributed by atoms with van der Waals surface area (Å²) in [6.07, 6.45) is 0. The third-order valence-corrected chi connectivity index (χ3v) is 7.64. The first kappa shape index (κ1) is 16.8. The number of non-ortho nitro benzene ring substituents is 1. The first-order valence-electron chi connectivity index (χ1n) is 7.21. The predicted molar refractivity (Wildman–Crippen MR) is 91.7 cm³/mol. The van der Waals surface area contributed by atoms with Crippen LogP contribution in [0.2, 0.25) is 0 Å². The van der Waals surface area contributed by atoms with Gasteiger partial charge in [0, 0.05) is 21.9 Å². The monoisotopic (exact) mass is 364 g/mol. The molecule has 0 aliphatic carbocycles. The fraction of sp³-hybridized carbons (Fsp3) is 0.250. The molecule has 2 aromatic carbocycles. The Hall–Kier alpha value is -2.06. The molecule has 126 valence electrons. The lowest BCUT2D eigenvalue weighted by Gasteiger charge is -2.19. The molecule has 0 amide bonds. The van der Waals surface area contributed by atoms with Crippen molar-refractivity contribution < 1.29 is 13.3 Å². The Morgan fingerprint density at radius 2 is 1.71 bits per heavy atom. The van der Waals surface area contributed by atoms with Gasteiger partial charge in [0.05, 0.1) is 4.92 Å². The van der Waals surface area contributed by atoms with Gasteiger partial charge in [0.1, 0.15) is 4.90 Å². The van der Waals surface area contributed by atoms with Crippen LogP contribution in [0.3, 0.4) is 0 Å². The van der Waals surface area contributed by atoms with Gasteiger partial charge in [0.15, 0.2) is 0 Å². The quantitative estimate of drug-likeness (QED) is 0.598. The van der Waals surface area contributed by atoms with E-state index in [2.05, 4.69) is 24.5 Å². The zero-order valence-electron chi connectivity index (χ0n) is 13.4. The standard InChI is InChI=1S/C16H16N2O4S2/c1-16(2,3)11-4-7-13(8-5-11)23-14-9-6-12(18(19)20)10-15(14)24(21,22)17-23/h4-10H,1-3H3. The molecule has 1 aliphatic rings. The fourth-order valence-electron chi connectivity index (χ4n) is 2.40. The summed E-state index contributed by atoms with van der Waals surface area (Å²) in [5.74, 6) is 0. The molecule has 0 fully saturated rings. The Morgan fingerprint density at radius 3 is 2.25 bits per heavy atom. The summed E-state index contributed by atoms with van der Waals surface area (Å²) < 4.78 is 28.4. The van der Waals surface area contributed by atoms with Crippen LogP contribution in [0.25, 0.3) is 0 Å². The highest BCUT2D eigenvalue weighted by Crippen LogP contribution is 2.37. The molecule has 0 spiro atoms. The van der Waals surface area contributed by atoms with Crippen molar-refractivity contribution in [3.8, 4) is 0 Å². The topological polar surface area (TPSA) is 89.6 Å². The van der Waals surface area contributed by atoms with E-state index in [-0.39, 0.29) is 16.0 Å². The van der Waals surface area contributed by atoms with Crippen molar-refractivity contribution in [2.45, 2.75) is 40.9 Å². The molecular weight excluding hydrogens is 348 g/mol. The van der Waals surface area contributed by atoms with Gasteiger partial charge in [-0.25, -0.2) is 0 Å². The smallest absolute Gasteiger partial charge is 0.258 e. The van der Waals surface area contributed by atoms with Crippen molar-refractivity contribution in [1.29, 1.82) is 0 Å². The maximum Gasteiger partial charge on any atom is 0.289 e. The summed E-state index contributed by atoms with van der Waals surface area (Å²) in [6, 6.07) is 11.6. The van der Waals surface area contributed by atoms with Crippen LogP contribution < -0.4 is 0 Å². The highest BCUT2D eigenvalue weighted by Gasteiger charge is 2.31. The number of hydrogen-bond donors (Lipinski definition) is 0. The van der Waals surface area contributed by atoms with Crippen LogP contribution in [0.5, 0.6) is 0 Å². The summed E-state index contributed by atoms with van der Waals surface area (Å²) in [4.78, 5) is 11.5. The van der Waals surface area contributed by atoms with Gasteiger partial charge < -0.3 is 0 Å². The van der Waals surface area contributed by atoms with E-state index in [1.165, 1.54) is 12.1 Å². The number of hydrogen-bond acceptors (Lipinski definition) is 4. The number of sulfonamides is 1. The Labute approximate surface area is 142 Å². The molecule has 8 heteroatoms. The third kappa shape index (κ3) is 2.87. The lowest BCUT2D eigenvalue weighted by atomic mass is 9.87. The third-order valence-electron chi connectivity index (χ3n) is 3.74. The zero-order valence-corrected chi connectivity index (χ0v) is 15.0. The molecule has 1 atom stereocenters. The number of rotatable bonds is 2. The van der Waals surface area contributed by atoms with E-state index < -0.39 is 25.6 Å². The van der Waals surface area contributed by atoms with E-state index >= 15 is 0 Å². The molecule has 0 bridgehead atoms. The second kappa shape index (κ2) is 5.49. The van der Waals surface area contributed by atoms with Crippen LogP contribution in [0.15, 0.2) is 60.9 Å². The Balaban J connectivity index is 2.11. The van der Waals surface area contributed by atoms with Crippen LogP contribution in [0.1, 0.15) is 26.3 Å². The Bertz CT molecular complexity index is 972. The van der Waals surface area contributed by atoms with Crippen molar-refractivity contribution in [2.75, 3.05) is 0 Å². The molecule has 1 aliphatic heterocycles. The minimum atomic E-state index is -3.86. The molecule has 0 N–H and O–H groups in total. The van der Waals surface area contributed by atoms with E-state index in [0.717, 1.165) is 16.5 Å². The average molecular weight is 364 g/mol. The minimum absolute atomic E-state index is 0.000937. The summed E-state index contributed by atoms with van der Waals surface area (Å²) in [5.41, 5.74) is 0.890. The molecule has 6 nitrogen and oxygen atoms in total. The normalized spacial score (nSPS) is 18.7. The van der Waals surface area contributed by atoms with Gasteiger partial charge in [0.2, 0.25) is 0 Å². The number of benzene rings is 2. The fourth-order valence-corrected chi connectivity index (χ4v) is 6.41. The van der Waals surface area contributed by atoms with E-state index in [1.807, 2.05) is 24.3 Å². The van der Waals surface area contributed by atoms with Gasteiger partial charge in [-0.3, -0.25) is 10.1 Å². The van der Waals surface area contributed by atoms with Gasteiger partial charge in [-0.15, -0.1) is 3.77 Å². The van der Waals surface area contributed by atoms with Crippen molar-refractivity contribution in [2.24, 2.45) is 3.77 Å². The van der Waals surface area contributed by atoms with E-state index in [4.69, 9.17) is 0 Å². The van der Waals surface area contributed by atoms with E-state index in [0.29, 0.717) is 4.90 Å². The van der Waals surface area contributed by atoms with Gasteiger partial charge in [-0.05, 0) is 39.9 Å². The SMILES string of the molecule is CC(C)(C)c1ccc(S2=NS(=O)(=O)c3cc([N+](=O)[O-])ccc32)cc1. The van der Waals surface area contributed by atoms with Gasteiger partial charge >= 0.3 is 0 Å². The number of nitro benzene ring substituents is 1. The maximum atomic E-state index is 12.3. The molecule has 1 heterocycles. The molecular formula is C16H16N2O4S2. The van der Waals surface area contributed by atoms with Gasteiger partial charge in [-0.2, -0.15) is 8.42 Å². The van der Waals surface area contributed by atoms with Gasteiger partial charge in [0.25, 0.3) is 15.7 Å². The Morgan fingerprint density at radius 1 is 1.08 bits per heavy atom. The molecule has 0 aromatic heterocycles. The minimum Gasteiger partial charge on any atom is -0.258 e. The maximum absolute atomic E-state index is 12.3. The van der Waals surface area contributed by atoms with Crippen molar-refractivity contribution in [3.05, 3.63) is 58.1 Å². The van der Waals surface area contributed by atoms with Crippen LogP contribution >= 0.6 is 0 Å². The summed E-state index contributed by atoms with van der Waals surface area (Å²) >= 11 is 0.